The Balaban J connectivity index is 2.94. The summed E-state index contributed by atoms with van der Waals surface area (Å²) in [6.45, 7) is 0. The molecule has 0 aliphatic rings. The zero-order valence-electron chi connectivity index (χ0n) is 7.53. The zero-order chi connectivity index (χ0) is 12.3. The number of carbonyl (C=O) groups is 1. The lowest BCUT2D eigenvalue weighted by molar-refractivity contribution is -0.112. The van der Waals surface area contributed by atoms with Gasteiger partial charge in [-0.25, -0.2) is 0 Å². The first-order chi connectivity index (χ1) is 7.43. The van der Waals surface area contributed by atoms with Crippen molar-refractivity contribution in [3.8, 4) is 0 Å². The molecule has 0 saturated carbocycles. The van der Waals surface area contributed by atoms with Crippen molar-refractivity contribution in [2.45, 2.75) is 0 Å². The van der Waals surface area contributed by atoms with Crippen LogP contribution in [0.5, 0.6) is 0 Å². The molecule has 1 aromatic carbocycles. The molecule has 2 nitrogen and oxygen atoms in total. The summed E-state index contributed by atoms with van der Waals surface area (Å²) in [5.41, 5.74) is 0.516. The Morgan fingerprint density at radius 2 is 1.81 bits per heavy atom. The lowest BCUT2D eigenvalue weighted by Gasteiger charge is -2.07. The fourth-order valence-electron chi connectivity index (χ4n) is 0.863. The second-order valence-electron chi connectivity index (χ2n) is 2.63. The molecule has 7 heteroatoms. The number of nitrogens with one attached hydrogen (secondary N) is 1. The van der Waals surface area contributed by atoms with Crippen LogP contribution in [0.4, 0.5) is 5.69 Å². The van der Waals surface area contributed by atoms with Gasteiger partial charge in [-0.3, -0.25) is 4.79 Å². The Morgan fingerprint density at radius 3 is 2.38 bits per heavy atom. The Labute approximate surface area is 144 Å². The van der Waals surface area contributed by atoms with Crippen LogP contribution in [0.15, 0.2) is 23.4 Å². The lowest BCUT2D eigenvalue weighted by atomic mass is 10.3. The lowest BCUT2D eigenvalue weighted by Crippen LogP contribution is -2.11. The summed E-state index contributed by atoms with van der Waals surface area (Å²) in [7, 11) is 0. The van der Waals surface area contributed by atoms with E-state index >= 15 is 0 Å². The quantitative estimate of drug-likeness (QED) is 0.361. The van der Waals surface area contributed by atoms with E-state index in [0.717, 1.165) is 1.59 Å². The minimum Gasteiger partial charge on any atom is -0.320 e. The number of carbonyl (C=O) groups excluding carboxylic acids is 1. The maximum atomic E-state index is 11.7. The zero-order valence-corrected chi connectivity index (χ0v) is 15.5. The van der Waals surface area contributed by atoms with E-state index in [-0.39, 0.29) is 5.91 Å². The minimum absolute atomic E-state index is 0.191. The first kappa shape index (κ1) is 15.3. The maximum Gasteiger partial charge on any atom is 0.263 e. The van der Waals surface area contributed by atoms with Crippen molar-refractivity contribution in [2.24, 2.45) is 0 Å². The van der Waals surface area contributed by atoms with Crippen LogP contribution in [0.1, 0.15) is 0 Å². The van der Waals surface area contributed by atoms with E-state index in [1.54, 1.807) is 18.2 Å². The summed E-state index contributed by atoms with van der Waals surface area (Å²) in [5.74, 6) is -0.191. The van der Waals surface area contributed by atoms with Crippen LogP contribution in [0.3, 0.4) is 0 Å². The van der Waals surface area contributed by atoms with Gasteiger partial charge in [0.1, 0.15) is 0 Å². The molecule has 0 saturated heterocycles. The highest BCUT2D eigenvalue weighted by molar-refractivity contribution is 14.2. The van der Waals surface area contributed by atoms with E-state index in [1.807, 2.05) is 22.6 Å². The van der Waals surface area contributed by atoms with Crippen LogP contribution in [-0.2, 0) is 4.79 Å². The molecular formula is C9H4Cl2I3NO. The van der Waals surface area contributed by atoms with Gasteiger partial charge in [0.15, 0.2) is 0 Å². The molecule has 0 spiro atoms. The van der Waals surface area contributed by atoms with Gasteiger partial charge in [0.2, 0.25) is 0 Å². The summed E-state index contributed by atoms with van der Waals surface area (Å²) in [4.78, 5) is 11.7. The monoisotopic (exact) mass is 593 g/mol. The van der Waals surface area contributed by atoms with Gasteiger partial charge in [-0.15, -0.1) is 0 Å². The molecule has 86 valence electrons. The van der Waals surface area contributed by atoms with Crippen LogP contribution in [0.2, 0.25) is 10.0 Å². The predicted molar refractivity (Wildman–Crippen MR) is 94.2 cm³/mol. The number of hydrogen-bond donors (Lipinski definition) is 1. The molecule has 0 bridgehead atoms. The number of amides is 1. The molecule has 0 unspecified atom stereocenters. The first-order valence-corrected chi connectivity index (χ1v) is 7.89. The molecule has 1 amide bonds. The average Bonchev–Trinajstić information content (AvgIpc) is 2.23. The van der Waals surface area contributed by atoms with Gasteiger partial charge in [0.05, 0.1) is 20.9 Å². The van der Waals surface area contributed by atoms with Crippen molar-refractivity contribution in [1.29, 1.82) is 0 Å². The summed E-state index contributed by atoms with van der Waals surface area (Å²) < 4.78 is 1.52. The van der Waals surface area contributed by atoms with Crippen molar-refractivity contribution >= 4 is 103 Å². The summed E-state index contributed by atoms with van der Waals surface area (Å²) >= 11 is 17.9. The molecular weight excluding hydrogens is 590 g/mol. The third-order valence-corrected chi connectivity index (χ3v) is 6.56. The van der Waals surface area contributed by atoms with Crippen LogP contribution in [0.25, 0.3) is 0 Å². The Bertz CT molecular complexity index is 458. The number of hydrogen-bond acceptors (Lipinski definition) is 1. The standard InChI is InChI=1S/C9H4Cl2I3NO/c10-4-2-1-3-5(6(4)11)15-9(16)7(12)8(13)14/h1-3H,(H,15,16). The molecule has 1 rings (SSSR count). The van der Waals surface area contributed by atoms with E-state index in [0.29, 0.717) is 19.3 Å². The van der Waals surface area contributed by atoms with Crippen molar-refractivity contribution in [1.82, 2.24) is 0 Å². The molecule has 16 heavy (non-hydrogen) atoms. The van der Waals surface area contributed by atoms with Gasteiger partial charge < -0.3 is 5.32 Å². The predicted octanol–water partition coefficient (Wildman–Crippen LogP) is 5.41. The third-order valence-electron chi connectivity index (χ3n) is 1.57. The van der Waals surface area contributed by atoms with Gasteiger partial charge in [-0.2, -0.15) is 0 Å². The van der Waals surface area contributed by atoms with Crippen molar-refractivity contribution in [3.63, 3.8) is 0 Å². The Hall–Kier alpha value is 1.20. The number of benzene rings is 1. The molecule has 0 radical (unpaired) electrons. The Morgan fingerprint density at radius 1 is 1.19 bits per heavy atom. The normalized spacial score (nSPS) is 9.81. The summed E-state index contributed by atoms with van der Waals surface area (Å²) in [5, 5.41) is 3.47. The van der Waals surface area contributed by atoms with E-state index < -0.39 is 0 Å². The number of halogens is 5. The van der Waals surface area contributed by atoms with E-state index in [9.17, 15) is 4.79 Å². The van der Waals surface area contributed by atoms with E-state index in [1.165, 1.54) is 0 Å². The second kappa shape index (κ2) is 6.95. The van der Waals surface area contributed by atoms with Gasteiger partial charge in [-0.1, -0.05) is 29.3 Å². The van der Waals surface area contributed by atoms with Crippen molar-refractivity contribution in [2.75, 3.05) is 5.32 Å². The largest absolute Gasteiger partial charge is 0.320 e. The van der Waals surface area contributed by atoms with Crippen LogP contribution < -0.4 is 5.32 Å². The topological polar surface area (TPSA) is 29.1 Å². The molecule has 0 aliphatic heterocycles. The smallest absolute Gasteiger partial charge is 0.263 e. The highest BCUT2D eigenvalue weighted by Gasteiger charge is 2.12. The molecule has 1 aromatic rings. The second-order valence-corrected chi connectivity index (χ2v) is 8.72. The first-order valence-electron chi connectivity index (χ1n) is 3.89. The minimum atomic E-state index is -0.191. The average molecular weight is 594 g/mol. The summed E-state index contributed by atoms with van der Waals surface area (Å²) in [6.07, 6.45) is 0. The fraction of sp³-hybridized carbons (Fsp3) is 0. The van der Waals surface area contributed by atoms with Crippen LogP contribution >= 0.6 is 91.0 Å². The SMILES string of the molecule is O=C(Nc1cccc(Cl)c1Cl)C(I)=C(I)I. The molecule has 0 fully saturated rings. The van der Waals surface area contributed by atoms with Gasteiger partial charge in [-0.05, 0) is 79.9 Å². The van der Waals surface area contributed by atoms with E-state index in [2.05, 4.69) is 50.5 Å². The van der Waals surface area contributed by atoms with Gasteiger partial charge in [0.25, 0.3) is 5.91 Å². The van der Waals surface area contributed by atoms with Gasteiger partial charge >= 0.3 is 0 Å². The highest BCUT2D eigenvalue weighted by Crippen LogP contribution is 2.31. The summed E-state index contributed by atoms with van der Waals surface area (Å²) in [6, 6.07) is 5.11. The van der Waals surface area contributed by atoms with Crippen LogP contribution in [-0.4, -0.2) is 5.91 Å². The number of rotatable bonds is 2. The molecule has 0 aliphatic carbocycles. The Kier molecular flexibility index (Phi) is 6.63. The fourth-order valence-corrected chi connectivity index (χ4v) is 1.84. The van der Waals surface area contributed by atoms with Crippen molar-refractivity contribution < 1.29 is 4.79 Å². The maximum absolute atomic E-state index is 11.7. The third kappa shape index (κ3) is 4.14. The number of anilines is 1. The molecule has 1 N–H and O–H groups in total. The highest BCUT2D eigenvalue weighted by atomic mass is 127. The van der Waals surface area contributed by atoms with Gasteiger partial charge in [0, 0.05) is 0 Å². The van der Waals surface area contributed by atoms with Crippen LogP contribution in [0, 0.1) is 0 Å². The van der Waals surface area contributed by atoms with Crippen molar-refractivity contribution in [3.05, 3.63) is 33.4 Å². The molecule has 0 aromatic heterocycles. The molecule has 0 heterocycles. The van der Waals surface area contributed by atoms with E-state index in [4.69, 9.17) is 23.2 Å². The molecule has 0 atom stereocenters.